The van der Waals surface area contributed by atoms with E-state index in [1.165, 1.54) is 6.92 Å². The van der Waals surface area contributed by atoms with Gasteiger partial charge in [-0.15, -0.1) is 0 Å². The van der Waals surface area contributed by atoms with Crippen LogP contribution in [0.3, 0.4) is 0 Å². The fourth-order valence-corrected chi connectivity index (χ4v) is 1.57. The molecule has 1 N–H and O–H groups in total. The largest absolute Gasteiger partial charge is 0.492 e. The van der Waals surface area contributed by atoms with Crippen LogP contribution < -0.4 is 10.1 Å². The molecule has 0 heterocycles. The van der Waals surface area contributed by atoms with E-state index in [1.54, 1.807) is 12.1 Å². The zero-order chi connectivity index (χ0) is 11.4. The standard InChI is InChI=1S/C10H11Cl2NO2/c1-3-15-10-5-9(13-6(2)14)7(11)4-8(10)12/h4-5H,3H2,1-2H3,(H,13,14). The highest BCUT2D eigenvalue weighted by atomic mass is 35.5. The Morgan fingerprint density at radius 1 is 1.40 bits per heavy atom. The Kier molecular flexibility index (Phi) is 4.24. The van der Waals surface area contributed by atoms with E-state index >= 15 is 0 Å². The molecule has 82 valence electrons. The number of hydrogen-bond donors (Lipinski definition) is 1. The van der Waals surface area contributed by atoms with Crippen molar-refractivity contribution in [2.24, 2.45) is 0 Å². The second kappa shape index (κ2) is 5.24. The molecule has 0 unspecified atom stereocenters. The number of carbonyl (C=O) groups excluding carboxylic acids is 1. The third-order valence-corrected chi connectivity index (χ3v) is 2.24. The number of benzene rings is 1. The number of amides is 1. The first-order valence-electron chi connectivity index (χ1n) is 4.44. The number of halogens is 2. The lowest BCUT2D eigenvalue weighted by molar-refractivity contribution is -0.114. The van der Waals surface area contributed by atoms with Crippen molar-refractivity contribution in [2.45, 2.75) is 13.8 Å². The molecule has 0 saturated heterocycles. The zero-order valence-electron chi connectivity index (χ0n) is 8.43. The maximum absolute atomic E-state index is 10.9. The van der Waals surface area contributed by atoms with Gasteiger partial charge in [0, 0.05) is 13.0 Å². The Morgan fingerprint density at radius 2 is 2.07 bits per heavy atom. The molecule has 0 saturated carbocycles. The van der Waals surface area contributed by atoms with E-state index < -0.39 is 0 Å². The number of anilines is 1. The molecule has 0 spiro atoms. The summed E-state index contributed by atoms with van der Waals surface area (Å²) in [5.74, 6) is 0.314. The molecule has 0 aromatic heterocycles. The average molecular weight is 248 g/mol. The first kappa shape index (κ1) is 12.1. The predicted molar refractivity (Wildman–Crippen MR) is 61.9 cm³/mol. The van der Waals surface area contributed by atoms with Crippen LogP contribution in [0.2, 0.25) is 10.0 Å². The highest BCUT2D eigenvalue weighted by Gasteiger charge is 2.08. The van der Waals surface area contributed by atoms with Crippen molar-refractivity contribution < 1.29 is 9.53 Å². The van der Waals surface area contributed by atoms with Crippen molar-refractivity contribution in [1.29, 1.82) is 0 Å². The van der Waals surface area contributed by atoms with Crippen LogP contribution in [0.5, 0.6) is 5.75 Å². The molecule has 0 fully saturated rings. The molecule has 1 aromatic rings. The normalized spacial score (nSPS) is 9.87. The first-order valence-corrected chi connectivity index (χ1v) is 5.19. The van der Waals surface area contributed by atoms with Gasteiger partial charge in [0.1, 0.15) is 5.75 Å². The van der Waals surface area contributed by atoms with Crippen LogP contribution >= 0.6 is 23.2 Å². The van der Waals surface area contributed by atoms with Crippen molar-refractivity contribution >= 4 is 34.8 Å². The van der Waals surface area contributed by atoms with E-state index in [0.29, 0.717) is 28.1 Å². The Hall–Kier alpha value is -0.930. The van der Waals surface area contributed by atoms with Crippen molar-refractivity contribution in [3.63, 3.8) is 0 Å². The third kappa shape index (κ3) is 3.29. The van der Waals surface area contributed by atoms with E-state index in [0.717, 1.165) is 0 Å². The number of nitrogens with one attached hydrogen (secondary N) is 1. The van der Waals surface area contributed by atoms with Crippen molar-refractivity contribution in [3.05, 3.63) is 22.2 Å². The summed E-state index contributed by atoms with van der Waals surface area (Å²) in [6.07, 6.45) is 0. The summed E-state index contributed by atoms with van der Waals surface area (Å²) in [5, 5.41) is 3.40. The van der Waals surface area contributed by atoms with Gasteiger partial charge in [0.2, 0.25) is 5.91 Å². The summed E-state index contributed by atoms with van der Waals surface area (Å²) < 4.78 is 5.27. The molecule has 1 rings (SSSR count). The fourth-order valence-electron chi connectivity index (χ4n) is 1.08. The molecule has 1 amide bonds. The van der Waals surface area contributed by atoms with Crippen molar-refractivity contribution in [3.8, 4) is 5.75 Å². The van der Waals surface area contributed by atoms with Crippen LogP contribution in [0.1, 0.15) is 13.8 Å². The van der Waals surface area contributed by atoms with Gasteiger partial charge in [0.05, 0.1) is 22.3 Å². The minimum atomic E-state index is -0.193. The number of ether oxygens (including phenoxy) is 1. The monoisotopic (exact) mass is 247 g/mol. The lowest BCUT2D eigenvalue weighted by Crippen LogP contribution is -2.06. The predicted octanol–water partition coefficient (Wildman–Crippen LogP) is 3.35. The Labute approximate surface area is 98.3 Å². The van der Waals surface area contributed by atoms with E-state index in [9.17, 15) is 4.79 Å². The lowest BCUT2D eigenvalue weighted by atomic mass is 10.3. The molecule has 5 heteroatoms. The summed E-state index contributed by atoms with van der Waals surface area (Å²) in [5.41, 5.74) is 0.497. The van der Waals surface area contributed by atoms with E-state index in [2.05, 4.69) is 5.32 Å². The molecule has 0 aliphatic heterocycles. The van der Waals surface area contributed by atoms with Crippen molar-refractivity contribution in [1.82, 2.24) is 0 Å². The number of carbonyl (C=O) groups is 1. The van der Waals surface area contributed by atoms with Gasteiger partial charge in [0.25, 0.3) is 0 Å². The minimum absolute atomic E-state index is 0.193. The van der Waals surface area contributed by atoms with Crippen LogP contribution in [0.15, 0.2) is 12.1 Å². The van der Waals surface area contributed by atoms with Gasteiger partial charge >= 0.3 is 0 Å². The van der Waals surface area contributed by atoms with Gasteiger partial charge < -0.3 is 10.1 Å². The summed E-state index contributed by atoms with van der Waals surface area (Å²) >= 11 is 11.8. The SMILES string of the molecule is CCOc1cc(NC(C)=O)c(Cl)cc1Cl. The Balaban J connectivity index is 3.05. The summed E-state index contributed by atoms with van der Waals surface area (Å²) in [6, 6.07) is 3.15. The van der Waals surface area contributed by atoms with Crippen LogP contribution in [0, 0.1) is 0 Å². The third-order valence-electron chi connectivity index (χ3n) is 1.63. The summed E-state index contributed by atoms with van der Waals surface area (Å²) in [7, 11) is 0. The lowest BCUT2D eigenvalue weighted by Gasteiger charge is -2.10. The van der Waals surface area contributed by atoms with Gasteiger partial charge in [-0.3, -0.25) is 4.79 Å². The molecule has 0 aliphatic carbocycles. The van der Waals surface area contributed by atoms with Gasteiger partial charge in [-0.25, -0.2) is 0 Å². The van der Waals surface area contributed by atoms with Gasteiger partial charge in [-0.05, 0) is 13.0 Å². The molecular formula is C10H11Cl2NO2. The van der Waals surface area contributed by atoms with Crippen molar-refractivity contribution in [2.75, 3.05) is 11.9 Å². The van der Waals surface area contributed by atoms with Crippen LogP contribution in [0.25, 0.3) is 0 Å². The molecule has 0 atom stereocenters. The Bertz CT molecular complexity index is 380. The van der Waals surface area contributed by atoms with E-state index in [4.69, 9.17) is 27.9 Å². The Morgan fingerprint density at radius 3 is 2.60 bits per heavy atom. The quantitative estimate of drug-likeness (QED) is 0.890. The molecule has 0 radical (unpaired) electrons. The highest BCUT2D eigenvalue weighted by Crippen LogP contribution is 2.34. The van der Waals surface area contributed by atoms with Crippen LogP contribution in [0.4, 0.5) is 5.69 Å². The highest BCUT2D eigenvalue weighted by molar-refractivity contribution is 6.37. The van der Waals surface area contributed by atoms with E-state index in [1.807, 2.05) is 6.92 Å². The molecule has 3 nitrogen and oxygen atoms in total. The fraction of sp³-hybridized carbons (Fsp3) is 0.300. The minimum Gasteiger partial charge on any atom is -0.492 e. The number of hydrogen-bond acceptors (Lipinski definition) is 2. The smallest absolute Gasteiger partial charge is 0.221 e. The molecule has 1 aromatic carbocycles. The van der Waals surface area contributed by atoms with E-state index in [-0.39, 0.29) is 5.91 Å². The second-order valence-electron chi connectivity index (χ2n) is 2.88. The maximum atomic E-state index is 10.9. The number of rotatable bonds is 3. The van der Waals surface area contributed by atoms with Gasteiger partial charge in [-0.1, -0.05) is 23.2 Å². The molecule has 0 aliphatic rings. The van der Waals surface area contributed by atoms with Gasteiger partial charge in [0.15, 0.2) is 0 Å². The summed E-state index contributed by atoms with van der Waals surface area (Å²) in [6.45, 7) is 3.76. The molecule has 0 bridgehead atoms. The topological polar surface area (TPSA) is 38.3 Å². The maximum Gasteiger partial charge on any atom is 0.221 e. The van der Waals surface area contributed by atoms with Crippen LogP contribution in [-0.4, -0.2) is 12.5 Å². The first-order chi connectivity index (χ1) is 7.04. The van der Waals surface area contributed by atoms with Crippen LogP contribution in [-0.2, 0) is 4.79 Å². The average Bonchev–Trinajstić information content (AvgIpc) is 2.12. The zero-order valence-corrected chi connectivity index (χ0v) is 9.95. The molecular weight excluding hydrogens is 237 g/mol. The van der Waals surface area contributed by atoms with Gasteiger partial charge in [-0.2, -0.15) is 0 Å². The molecule has 15 heavy (non-hydrogen) atoms. The summed E-state index contributed by atoms with van der Waals surface area (Å²) in [4.78, 5) is 10.9. The second-order valence-corrected chi connectivity index (χ2v) is 3.69.